The van der Waals surface area contributed by atoms with Gasteiger partial charge in [-0.15, -0.1) is 0 Å². The van der Waals surface area contributed by atoms with Crippen molar-refractivity contribution in [2.75, 3.05) is 18.4 Å². The summed E-state index contributed by atoms with van der Waals surface area (Å²) in [6, 6.07) is 5.59. The van der Waals surface area contributed by atoms with E-state index in [1.165, 1.54) is 0 Å². The first-order valence-electron chi connectivity index (χ1n) is 10.8. The zero-order valence-electron chi connectivity index (χ0n) is 18.0. The summed E-state index contributed by atoms with van der Waals surface area (Å²) in [5.74, 6) is -2.91. The average Bonchev–Trinajstić information content (AvgIpc) is 3.21. The van der Waals surface area contributed by atoms with Gasteiger partial charge in [0.25, 0.3) is 0 Å². The van der Waals surface area contributed by atoms with Crippen LogP contribution in [0.4, 0.5) is 19.0 Å². The molecular weight excluding hydrogens is 431 g/mol. The monoisotopic (exact) mass is 453 g/mol. The van der Waals surface area contributed by atoms with Crippen molar-refractivity contribution in [3.05, 3.63) is 70.9 Å². The third-order valence-corrected chi connectivity index (χ3v) is 6.46. The minimum absolute atomic E-state index is 0.118. The molecule has 1 amide bonds. The number of halogens is 3. The summed E-state index contributed by atoms with van der Waals surface area (Å²) in [6.45, 7) is 2.92. The number of aromatic nitrogens is 3. The molecule has 1 spiro atoms. The van der Waals surface area contributed by atoms with E-state index in [1.54, 1.807) is 23.4 Å². The zero-order chi connectivity index (χ0) is 23.2. The van der Waals surface area contributed by atoms with E-state index < -0.39 is 17.5 Å². The third-order valence-electron chi connectivity index (χ3n) is 6.46. The number of hydrogen-bond donors (Lipinski definition) is 1. The normalized spacial score (nSPS) is 19.5. The predicted molar refractivity (Wildman–Crippen MR) is 116 cm³/mol. The van der Waals surface area contributed by atoms with Gasteiger partial charge < -0.3 is 10.2 Å². The van der Waals surface area contributed by atoms with Gasteiger partial charge in [-0.2, -0.15) is 0 Å². The second-order valence-corrected chi connectivity index (χ2v) is 8.72. The van der Waals surface area contributed by atoms with E-state index in [2.05, 4.69) is 21.4 Å². The van der Waals surface area contributed by atoms with Crippen molar-refractivity contribution in [2.24, 2.45) is 0 Å². The summed E-state index contributed by atoms with van der Waals surface area (Å²) in [5, 5.41) is 3.55. The number of carbonyl (C=O) groups is 1. The molecule has 6 nitrogen and oxygen atoms in total. The summed E-state index contributed by atoms with van der Waals surface area (Å²) < 4.78 is 40.2. The molecule has 4 heterocycles. The topological polar surface area (TPSA) is 71.0 Å². The number of amides is 1. The molecule has 1 atom stereocenters. The number of nitrogens with zero attached hydrogens (tertiary/aromatic N) is 4. The van der Waals surface area contributed by atoms with E-state index in [0.717, 1.165) is 54.0 Å². The highest BCUT2D eigenvalue weighted by Crippen LogP contribution is 2.38. The van der Waals surface area contributed by atoms with Crippen molar-refractivity contribution in [1.82, 2.24) is 19.9 Å². The largest absolute Gasteiger partial charge is 0.363 e. The lowest BCUT2D eigenvalue weighted by Crippen LogP contribution is -2.45. The minimum Gasteiger partial charge on any atom is -0.363 e. The van der Waals surface area contributed by atoms with Crippen LogP contribution < -0.4 is 5.32 Å². The highest BCUT2D eigenvalue weighted by atomic mass is 19.2. The molecule has 0 unspecified atom stereocenters. The van der Waals surface area contributed by atoms with Gasteiger partial charge in [0.2, 0.25) is 5.91 Å². The van der Waals surface area contributed by atoms with Crippen LogP contribution in [0.3, 0.4) is 0 Å². The molecule has 5 rings (SSSR count). The fourth-order valence-corrected chi connectivity index (χ4v) is 4.69. The van der Waals surface area contributed by atoms with Crippen LogP contribution in [0.2, 0.25) is 0 Å². The van der Waals surface area contributed by atoms with E-state index in [4.69, 9.17) is 4.98 Å². The lowest BCUT2D eigenvalue weighted by molar-refractivity contribution is -0.129. The Kier molecular flexibility index (Phi) is 5.26. The first-order valence-corrected chi connectivity index (χ1v) is 10.8. The number of carbonyl (C=O) groups excluding carboxylic acids is 1. The van der Waals surface area contributed by atoms with Gasteiger partial charge in [0.05, 0.1) is 17.7 Å². The summed E-state index contributed by atoms with van der Waals surface area (Å²) >= 11 is 0. The number of benzene rings is 1. The van der Waals surface area contributed by atoms with Gasteiger partial charge in [-0.3, -0.25) is 4.79 Å². The number of hydrogen-bond acceptors (Lipinski definition) is 5. The highest BCUT2D eigenvalue weighted by Gasteiger charge is 2.42. The summed E-state index contributed by atoms with van der Waals surface area (Å²) in [4.78, 5) is 27.9. The lowest BCUT2D eigenvalue weighted by atomic mass is 9.86. The standard InChI is InChI=1S/C24H22F3N5O/c1-14-17(23-28-6-2-7-29-23)12-16-3-4-24(31-22(16)30-14)5-8-32(13-24)20(33)11-15-9-18(25)21(27)19(26)10-15/h2,6-7,9-10,12H,3-5,8,11,13H2,1H3,(H,30,31)/t24-/m0/s1. The van der Waals surface area contributed by atoms with Gasteiger partial charge in [-0.25, -0.2) is 28.1 Å². The fraction of sp³-hybridized carbons (Fsp3) is 0.333. The zero-order valence-corrected chi connectivity index (χ0v) is 18.0. The fourth-order valence-electron chi connectivity index (χ4n) is 4.69. The molecule has 1 fully saturated rings. The first kappa shape index (κ1) is 21.4. The molecule has 1 aromatic carbocycles. The maximum absolute atomic E-state index is 13.5. The van der Waals surface area contributed by atoms with Gasteiger partial charge in [-0.05, 0) is 61.6 Å². The lowest BCUT2D eigenvalue weighted by Gasteiger charge is -2.36. The molecule has 0 bridgehead atoms. The Labute approximate surface area is 188 Å². The van der Waals surface area contributed by atoms with Crippen molar-refractivity contribution >= 4 is 11.7 Å². The van der Waals surface area contributed by atoms with E-state index in [-0.39, 0.29) is 23.4 Å². The number of pyridine rings is 1. The Morgan fingerprint density at radius 1 is 1.12 bits per heavy atom. The molecule has 0 saturated carbocycles. The Balaban J connectivity index is 1.30. The highest BCUT2D eigenvalue weighted by molar-refractivity contribution is 5.79. The number of nitrogens with one attached hydrogen (secondary N) is 1. The van der Waals surface area contributed by atoms with Crippen LogP contribution in [0.15, 0.2) is 36.7 Å². The number of anilines is 1. The summed E-state index contributed by atoms with van der Waals surface area (Å²) in [5.41, 5.74) is 2.61. The van der Waals surface area contributed by atoms with E-state index in [9.17, 15) is 18.0 Å². The Bertz CT molecular complexity index is 1210. The number of rotatable bonds is 3. The quantitative estimate of drug-likeness (QED) is 0.611. The van der Waals surface area contributed by atoms with Crippen molar-refractivity contribution < 1.29 is 18.0 Å². The SMILES string of the molecule is Cc1nc2c(cc1-c1ncccn1)CC[C@@]1(CCN(C(=O)Cc3cc(F)c(F)c(F)c3)C1)N2. The molecule has 2 aromatic heterocycles. The number of aryl methyl sites for hydroxylation is 2. The second-order valence-electron chi connectivity index (χ2n) is 8.72. The molecular formula is C24H22F3N5O. The average molecular weight is 453 g/mol. The maximum Gasteiger partial charge on any atom is 0.227 e. The van der Waals surface area contributed by atoms with Crippen LogP contribution in [0.25, 0.3) is 11.4 Å². The molecule has 9 heteroatoms. The van der Waals surface area contributed by atoms with Gasteiger partial charge >= 0.3 is 0 Å². The second kappa shape index (κ2) is 8.13. The molecule has 3 aromatic rings. The van der Waals surface area contributed by atoms with Crippen molar-refractivity contribution in [1.29, 1.82) is 0 Å². The van der Waals surface area contributed by atoms with Crippen LogP contribution >= 0.6 is 0 Å². The predicted octanol–water partition coefficient (Wildman–Crippen LogP) is 3.84. The summed E-state index contributed by atoms with van der Waals surface area (Å²) in [6.07, 6.45) is 5.59. The number of likely N-dealkylation sites (tertiary alicyclic amines) is 1. The molecule has 2 aliphatic heterocycles. The van der Waals surface area contributed by atoms with Gasteiger partial charge in [-0.1, -0.05) is 0 Å². The van der Waals surface area contributed by atoms with E-state index in [0.29, 0.717) is 18.9 Å². The Morgan fingerprint density at radius 2 is 1.85 bits per heavy atom. The van der Waals surface area contributed by atoms with Crippen LogP contribution in [0.1, 0.15) is 29.7 Å². The van der Waals surface area contributed by atoms with Gasteiger partial charge in [0, 0.05) is 31.0 Å². The molecule has 33 heavy (non-hydrogen) atoms. The van der Waals surface area contributed by atoms with Crippen LogP contribution in [0, 0.1) is 24.4 Å². The molecule has 1 N–H and O–H groups in total. The third kappa shape index (κ3) is 4.03. The summed E-state index contributed by atoms with van der Waals surface area (Å²) in [7, 11) is 0. The van der Waals surface area contributed by atoms with E-state index >= 15 is 0 Å². The van der Waals surface area contributed by atoms with Crippen LogP contribution in [-0.4, -0.2) is 44.4 Å². The first-order chi connectivity index (χ1) is 15.8. The molecule has 1 saturated heterocycles. The Morgan fingerprint density at radius 3 is 2.58 bits per heavy atom. The maximum atomic E-state index is 13.5. The van der Waals surface area contributed by atoms with Crippen molar-refractivity contribution in [3.8, 4) is 11.4 Å². The minimum atomic E-state index is -1.53. The van der Waals surface area contributed by atoms with Gasteiger partial charge in [0.15, 0.2) is 23.3 Å². The van der Waals surface area contributed by atoms with Crippen LogP contribution in [-0.2, 0) is 17.6 Å². The molecule has 170 valence electrons. The van der Waals surface area contributed by atoms with Crippen molar-refractivity contribution in [3.63, 3.8) is 0 Å². The van der Waals surface area contributed by atoms with Crippen LogP contribution in [0.5, 0.6) is 0 Å². The van der Waals surface area contributed by atoms with Crippen molar-refractivity contribution in [2.45, 2.75) is 38.1 Å². The molecule has 0 radical (unpaired) electrons. The Hall–Kier alpha value is -3.49. The number of fused-ring (bicyclic) bond motifs is 1. The molecule has 2 aliphatic rings. The smallest absolute Gasteiger partial charge is 0.227 e. The molecule has 0 aliphatic carbocycles. The van der Waals surface area contributed by atoms with Gasteiger partial charge in [0.1, 0.15) is 5.82 Å². The van der Waals surface area contributed by atoms with E-state index in [1.807, 2.05) is 6.92 Å².